The highest BCUT2D eigenvalue weighted by Crippen LogP contribution is 2.01. The van der Waals surface area contributed by atoms with E-state index in [4.69, 9.17) is 0 Å². The Kier molecular flexibility index (Phi) is 16.8. The summed E-state index contributed by atoms with van der Waals surface area (Å²) in [7, 11) is 1.37. The number of carbonyl (C=O) groups is 1. The highest BCUT2D eigenvalue weighted by molar-refractivity contribution is 5.69. The van der Waals surface area contributed by atoms with Gasteiger partial charge in [-0.3, -0.25) is 4.79 Å². The van der Waals surface area contributed by atoms with Gasteiger partial charge in [0.2, 0.25) is 0 Å². The molecule has 0 aliphatic heterocycles. The van der Waals surface area contributed by atoms with Crippen LogP contribution in [0.25, 0.3) is 0 Å². The summed E-state index contributed by atoms with van der Waals surface area (Å²) in [6, 6.07) is 0. The van der Waals surface area contributed by atoms with Gasteiger partial charge in [0.15, 0.2) is 0 Å². The van der Waals surface area contributed by atoms with Crippen molar-refractivity contribution in [1.82, 2.24) is 0 Å². The zero-order chi connectivity index (χ0) is 20.2. The van der Waals surface area contributed by atoms with Gasteiger partial charge in [-0.25, -0.2) is 0 Å². The van der Waals surface area contributed by atoms with E-state index in [0.717, 1.165) is 6.42 Å². The summed E-state index contributed by atoms with van der Waals surface area (Å²) in [6.45, 7) is 2.07. The third kappa shape index (κ3) is 18.2. The van der Waals surface area contributed by atoms with Crippen molar-refractivity contribution >= 4 is 5.97 Å². The predicted molar refractivity (Wildman–Crippen MR) is 111 cm³/mol. The molecule has 0 aliphatic rings. The number of carbonyl (C=O) groups excluding carboxylic acids is 1. The lowest BCUT2D eigenvalue weighted by atomic mass is 10.1. The summed E-state index contributed by atoms with van der Waals surface area (Å²) in [5, 5.41) is 19.5. The first-order valence-corrected chi connectivity index (χ1v) is 9.32. The van der Waals surface area contributed by atoms with Crippen LogP contribution in [0.3, 0.4) is 0 Å². The minimum absolute atomic E-state index is 0.237. The topological polar surface area (TPSA) is 66.8 Å². The maximum atomic E-state index is 10.9. The largest absolute Gasteiger partial charge is 0.469 e. The Balaban J connectivity index is 3.93. The molecule has 0 aromatic rings. The fourth-order valence-corrected chi connectivity index (χ4v) is 1.92. The van der Waals surface area contributed by atoms with Crippen molar-refractivity contribution in [2.45, 2.75) is 57.7 Å². The predicted octanol–water partition coefficient (Wildman–Crippen LogP) is 4.03. The van der Waals surface area contributed by atoms with E-state index in [1.54, 1.807) is 18.2 Å². The van der Waals surface area contributed by atoms with Gasteiger partial charge in [0.05, 0.1) is 19.3 Å². The van der Waals surface area contributed by atoms with Gasteiger partial charge in [0, 0.05) is 6.42 Å². The Labute approximate surface area is 163 Å². The molecule has 0 heterocycles. The molecule has 148 valence electrons. The number of allylic oxidation sites excluding steroid dienone is 6. The van der Waals surface area contributed by atoms with Crippen LogP contribution in [0, 0.1) is 11.8 Å². The molecule has 0 aromatic carbocycles. The van der Waals surface area contributed by atoms with Crippen LogP contribution in [0.5, 0.6) is 0 Å². The van der Waals surface area contributed by atoms with E-state index in [1.807, 2.05) is 42.5 Å². The lowest BCUT2D eigenvalue weighted by Crippen LogP contribution is -2.02. The summed E-state index contributed by atoms with van der Waals surface area (Å²) in [5.74, 6) is 5.43. The molecule has 0 rings (SSSR count). The fraction of sp³-hybridized carbons (Fsp3) is 0.435. The van der Waals surface area contributed by atoms with E-state index in [9.17, 15) is 15.0 Å². The average molecular weight is 373 g/mol. The van der Waals surface area contributed by atoms with Gasteiger partial charge in [0.1, 0.15) is 0 Å². The lowest BCUT2D eigenvalue weighted by molar-refractivity contribution is -0.140. The normalized spacial score (nSPS) is 14.4. The molecule has 0 saturated carbocycles. The second-order valence-corrected chi connectivity index (χ2v) is 5.83. The Morgan fingerprint density at radius 3 is 2.41 bits per heavy atom. The Morgan fingerprint density at radius 2 is 1.67 bits per heavy atom. The van der Waals surface area contributed by atoms with E-state index in [-0.39, 0.29) is 12.1 Å². The molecule has 0 aliphatic carbocycles. The minimum atomic E-state index is -0.596. The SMILES string of the molecule is CC/C=C\CC(O)C/C=C/C=C/C#C/C=C/C(O)C/C=C\CCC(=O)OC. The van der Waals surface area contributed by atoms with Crippen molar-refractivity contribution in [3.05, 3.63) is 60.8 Å². The number of rotatable bonds is 12. The fourth-order valence-electron chi connectivity index (χ4n) is 1.92. The molecule has 0 amide bonds. The molecule has 4 heteroatoms. The van der Waals surface area contributed by atoms with E-state index in [1.165, 1.54) is 7.11 Å². The van der Waals surface area contributed by atoms with Crippen LogP contribution in [0.2, 0.25) is 0 Å². The summed E-state index contributed by atoms with van der Waals surface area (Å²) in [4.78, 5) is 10.9. The quantitative estimate of drug-likeness (QED) is 0.235. The molecule has 27 heavy (non-hydrogen) atoms. The van der Waals surface area contributed by atoms with Gasteiger partial charge in [-0.1, -0.05) is 61.3 Å². The molecule has 0 radical (unpaired) electrons. The van der Waals surface area contributed by atoms with Crippen molar-refractivity contribution < 1.29 is 19.7 Å². The molecule has 0 saturated heterocycles. The number of hydrogen-bond acceptors (Lipinski definition) is 4. The monoisotopic (exact) mass is 372 g/mol. The summed E-state index contributed by atoms with van der Waals surface area (Å²) in [5.41, 5.74) is 0. The second-order valence-electron chi connectivity index (χ2n) is 5.83. The maximum Gasteiger partial charge on any atom is 0.305 e. The summed E-state index contributed by atoms with van der Waals surface area (Å²) in [6.07, 6.45) is 21.1. The van der Waals surface area contributed by atoms with E-state index >= 15 is 0 Å². The first kappa shape index (κ1) is 24.7. The number of aliphatic hydroxyl groups excluding tert-OH is 2. The molecule has 2 unspecified atom stereocenters. The third-order valence-corrected chi connectivity index (χ3v) is 3.42. The van der Waals surface area contributed by atoms with E-state index < -0.39 is 6.10 Å². The van der Waals surface area contributed by atoms with Gasteiger partial charge in [0.25, 0.3) is 0 Å². The van der Waals surface area contributed by atoms with Gasteiger partial charge in [-0.2, -0.15) is 0 Å². The van der Waals surface area contributed by atoms with Crippen molar-refractivity contribution in [3.63, 3.8) is 0 Å². The van der Waals surface area contributed by atoms with Gasteiger partial charge in [-0.05, 0) is 50.3 Å². The summed E-state index contributed by atoms with van der Waals surface area (Å²) < 4.78 is 4.54. The Hall–Kier alpha value is -2.35. The van der Waals surface area contributed by atoms with Crippen LogP contribution in [0.4, 0.5) is 0 Å². The van der Waals surface area contributed by atoms with Gasteiger partial charge in [-0.15, -0.1) is 0 Å². The standard InChI is InChI=1S/C23H32O4/c1-3-4-11-16-21(24)17-12-8-6-5-7-9-13-18-22(25)19-14-10-15-20-23(26)27-2/h4-6,8,10-14,18,21-22,24-25H,3,15-17,19-20H2,1-2H3/b6-5+,11-4-,12-8+,14-10-,18-13+. The van der Waals surface area contributed by atoms with Crippen molar-refractivity contribution in [1.29, 1.82) is 0 Å². The smallest absolute Gasteiger partial charge is 0.305 e. The first-order chi connectivity index (χ1) is 13.1. The Bertz CT molecular complexity index is 585. The van der Waals surface area contributed by atoms with E-state index in [2.05, 4.69) is 23.5 Å². The Morgan fingerprint density at radius 1 is 0.963 bits per heavy atom. The zero-order valence-electron chi connectivity index (χ0n) is 16.4. The van der Waals surface area contributed by atoms with Crippen LogP contribution < -0.4 is 0 Å². The van der Waals surface area contributed by atoms with Crippen molar-refractivity contribution in [3.8, 4) is 11.8 Å². The molecule has 0 spiro atoms. The molecule has 0 aromatic heterocycles. The average Bonchev–Trinajstić information content (AvgIpc) is 2.66. The highest BCUT2D eigenvalue weighted by Gasteiger charge is 1.97. The van der Waals surface area contributed by atoms with Crippen LogP contribution in [0.15, 0.2) is 60.8 Å². The van der Waals surface area contributed by atoms with Crippen molar-refractivity contribution in [2.24, 2.45) is 0 Å². The molecule has 2 atom stereocenters. The second kappa shape index (κ2) is 18.4. The molecule has 4 nitrogen and oxygen atoms in total. The van der Waals surface area contributed by atoms with Gasteiger partial charge < -0.3 is 14.9 Å². The number of methoxy groups -OCH3 is 1. The van der Waals surface area contributed by atoms with E-state index in [0.29, 0.717) is 32.1 Å². The van der Waals surface area contributed by atoms with Crippen LogP contribution in [-0.2, 0) is 9.53 Å². The number of hydrogen-bond donors (Lipinski definition) is 2. The number of esters is 1. The van der Waals surface area contributed by atoms with Crippen LogP contribution >= 0.6 is 0 Å². The van der Waals surface area contributed by atoms with Crippen molar-refractivity contribution in [2.75, 3.05) is 7.11 Å². The lowest BCUT2D eigenvalue weighted by Gasteiger charge is -2.02. The minimum Gasteiger partial charge on any atom is -0.469 e. The highest BCUT2D eigenvalue weighted by atomic mass is 16.5. The summed E-state index contributed by atoms with van der Waals surface area (Å²) >= 11 is 0. The maximum absolute atomic E-state index is 10.9. The molecule has 0 fully saturated rings. The van der Waals surface area contributed by atoms with Crippen LogP contribution in [-0.4, -0.2) is 35.5 Å². The number of ether oxygens (including phenoxy) is 1. The molecular weight excluding hydrogens is 340 g/mol. The molecular formula is C23H32O4. The molecule has 2 N–H and O–H groups in total. The van der Waals surface area contributed by atoms with Gasteiger partial charge >= 0.3 is 5.97 Å². The molecule has 0 bridgehead atoms. The first-order valence-electron chi connectivity index (χ1n) is 9.32. The van der Waals surface area contributed by atoms with Crippen LogP contribution in [0.1, 0.15) is 45.4 Å². The third-order valence-electron chi connectivity index (χ3n) is 3.42. The zero-order valence-corrected chi connectivity index (χ0v) is 16.4. The number of aliphatic hydroxyl groups is 2.